The van der Waals surface area contributed by atoms with Crippen molar-refractivity contribution >= 4 is 12.2 Å². The van der Waals surface area contributed by atoms with Crippen LogP contribution in [0.4, 0.5) is 40.9 Å². The van der Waals surface area contributed by atoms with E-state index in [1.54, 1.807) is 18.2 Å². The third-order valence-electron chi connectivity index (χ3n) is 4.28. The molecule has 0 aliphatic rings. The second-order valence-electron chi connectivity index (χ2n) is 6.80. The van der Waals surface area contributed by atoms with Crippen LogP contribution < -0.4 is 0 Å². The molecule has 1 atom stereocenters. The summed E-state index contributed by atoms with van der Waals surface area (Å²) in [7, 11) is 2.96. The van der Waals surface area contributed by atoms with Crippen molar-refractivity contribution in [2.45, 2.75) is 37.2 Å². The number of aliphatic hydroxyl groups excluding tert-OH is 1. The minimum atomic E-state index is -6.59. The summed E-state index contributed by atoms with van der Waals surface area (Å²) in [5, 5.41) is 14.0. The SMILES string of the molecule is Cc1c(C(O)C(F)(F)C(F)(F)C(F)(F)C(F)F)c(N=CN(C)C)nn1-c1ccccc1. The van der Waals surface area contributed by atoms with Gasteiger partial charge in [0, 0.05) is 19.8 Å². The maximum absolute atomic E-state index is 14.4. The fourth-order valence-corrected chi connectivity index (χ4v) is 2.62. The molecule has 0 spiro atoms. The van der Waals surface area contributed by atoms with Crippen molar-refractivity contribution < 1.29 is 40.2 Å². The van der Waals surface area contributed by atoms with Gasteiger partial charge in [0.05, 0.1) is 17.6 Å². The second kappa shape index (κ2) is 8.44. The van der Waals surface area contributed by atoms with Gasteiger partial charge < -0.3 is 10.0 Å². The first kappa shape index (κ1) is 24.6. The number of hydrogen-bond donors (Lipinski definition) is 1. The molecule has 2 rings (SSSR count). The van der Waals surface area contributed by atoms with E-state index in [4.69, 9.17) is 0 Å². The molecule has 172 valence electrons. The Kier molecular flexibility index (Phi) is 6.69. The predicted molar refractivity (Wildman–Crippen MR) is 95.9 cm³/mol. The number of benzene rings is 1. The lowest BCUT2D eigenvalue weighted by Crippen LogP contribution is -2.59. The van der Waals surface area contributed by atoms with Crippen LogP contribution in [0.15, 0.2) is 35.3 Å². The predicted octanol–water partition coefficient (Wildman–Crippen LogP) is 4.61. The largest absolute Gasteiger partial charge is 0.382 e. The smallest absolute Gasteiger partial charge is 0.380 e. The molecule has 0 radical (unpaired) electrons. The van der Waals surface area contributed by atoms with Gasteiger partial charge in [0.2, 0.25) is 0 Å². The molecule has 0 aliphatic carbocycles. The zero-order valence-corrected chi connectivity index (χ0v) is 16.4. The van der Waals surface area contributed by atoms with Crippen LogP contribution in [0.1, 0.15) is 17.4 Å². The van der Waals surface area contributed by atoms with E-state index in [1.807, 2.05) is 0 Å². The van der Waals surface area contributed by atoms with Crippen molar-refractivity contribution in [3.63, 3.8) is 0 Å². The zero-order chi connectivity index (χ0) is 23.8. The Labute approximate surface area is 171 Å². The van der Waals surface area contributed by atoms with Crippen molar-refractivity contribution in [2.75, 3.05) is 14.1 Å². The molecule has 1 unspecified atom stereocenters. The highest BCUT2D eigenvalue weighted by molar-refractivity contribution is 5.62. The van der Waals surface area contributed by atoms with Crippen molar-refractivity contribution in [1.82, 2.24) is 14.7 Å². The second-order valence-corrected chi connectivity index (χ2v) is 6.80. The first-order valence-electron chi connectivity index (χ1n) is 8.61. The molecular weight excluding hydrogens is 440 g/mol. The molecule has 1 heterocycles. The van der Waals surface area contributed by atoms with E-state index in [2.05, 4.69) is 10.1 Å². The number of halogens is 8. The molecule has 0 fully saturated rings. The normalized spacial score (nSPS) is 14.5. The molecule has 0 amide bonds. The van der Waals surface area contributed by atoms with Gasteiger partial charge in [0.25, 0.3) is 0 Å². The van der Waals surface area contributed by atoms with Crippen LogP contribution in [0, 0.1) is 6.92 Å². The van der Waals surface area contributed by atoms with E-state index >= 15 is 0 Å². The fourth-order valence-electron chi connectivity index (χ4n) is 2.62. The summed E-state index contributed by atoms with van der Waals surface area (Å²) in [4.78, 5) is 5.05. The van der Waals surface area contributed by atoms with Gasteiger partial charge in [-0.05, 0) is 19.1 Å². The number of nitrogens with zero attached hydrogens (tertiary/aromatic N) is 4. The Morgan fingerprint density at radius 2 is 1.58 bits per heavy atom. The van der Waals surface area contributed by atoms with Gasteiger partial charge in [-0.2, -0.15) is 26.3 Å². The van der Waals surface area contributed by atoms with Crippen LogP contribution in [0.3, 0.4) is 0 Å². The number of alkyl halides is 8. The van der Waals surface area contributed by atoms with Crippen molar-refractivity contribution in [1.29, 1.82) is 0 Å². The van der Waals surface area contributed by atoms with Crippen molar-refractivity contribution in [3.8, 4) is 5.69 Å². The summed E-state index contributed by atoms with van der Waals surface area (Å²) < 4.78 is 109. The molecule has 0 aliphatic heterocycles. The van der Waals surface area contributed by atoms with Crippen molar-refractivity contribution in [2.24, 2.45) is 4.99 Å². The van der Waals surface area contributed by atoms with Crippen LogP contribution in [0.2, 0.25) is 0 Å². The Hall–Kier alpha value is -2.70. The lowest BCUT2D eigenvalue weighted by molar-refractivity contribution is -0.357. The number of hydrogen-bond acceptors (Lipinski definition) is 3. The van der Waals surface area contributed by atoms with Gasteiger partial charge in [0.15, 0.2) is 11.9 Å². The highest BCUT2D eigenvalue weighted by Gasteiger charge is 2.77. The fraction of sp³-hybridized carbons (Fsp3) is 0.444. The van der Waals surface area contributed by atoms with E-state index in [1.165, 1.54) is 31.1 Å². The lowest BCUT2D eigenvalue weighted by atomic mass is 9.94. The summed E-state index contributed by atoms with van der Waals surface area (Å²) in [6, 6.07) is 7.63. The topological polar surface area (TPSA) is 53.7 Å². The van der Waals surface area contributed by atoms with Crippen LogP contribution in [-0.4, -0.2) is 64.4 Å². The van der Waals surface area contributed by atoms with Gasteiger partial charge in [-0.25, -0.2) is 18.5 Å². The van der Waals surface area contributed by atoms with Crippen LogP contribution in [0.25, 0.3) is 5.69 Å². The first-order chi connectivity index (χ1) is 14.2. The molecule has 0 saturated heterocycles. The maximum Gasteiger partial charge on any atom is 0.380 e. The minimum Gasteiger partial charge on any atom is -0.382 e. The monoisotopic (exact) mass is 458 g/mol. The third kappa shape index (κ3) is 4.23. The Balaban J connectivity index is 2.68. The zero-order valence-electron chi connectivity index (χ0n) is 16.4. The van der Waals surface area contributed by atoms with E-state index < -0.39 is 41.7 Å². The molecule has 5 nitrogen and oxygen atoms in total. The Bertz CT molecular complexity index is 928. The minimum absolute atomic E-state index is 0.257. The van der Waals surface area contributed by atoms with Gasteiger partial charge in [-0.15, -0.1) is 5.10 Å². The summed E-state index contributed by atoms with van der Waals surface area (Å²) >= 11 is 0. The van der Waals surface area contributed by atoms with E-state index in [-0.39, 0.29) is 11.4 Å². The molecule has 2 aromatic rings. The van der Waals surface area contributed by atoms with Gasteiger partial charge >= 0.3 is 24.2 Å². The molecule has 1 aromatic carbocycles. The molecule has 0 saturated carbocycles. The highest BCUT2D eigenvalue weighted by atomic mass is 19.4. The number of aliphatic imine (C=N–C) groups is 1. The van der Waals surface area contributed by atoms with E-state index in [0.717, 1.165) is 17.9 Å². The summed E-state index contributed by atoms with van der Waals surface area (Å²) in [5.74, 6) is -19.7. The third-order valence-corrected chi connectivity index (χ3v) is 4.28. The van der Waals surface area contributed by atoms with Crippen molar-refractivity contribution in [3.05, 3.63) is 41.6 Å². The van der Waals surface area contributed by atoms with Gasteiger partial charge in [-0.1, -0.05) is 18.2 Å². The summed E-state index contributed by atoms with van der Waals surface area (Å²) in [6.07, 6.45) is -7.68. The molecule has 13 heteroatoms. The van der Waals surface area contributed by atoms with Crippen LogP contribution in [-0.2, 0) is 0 Å². The standard InChI is InChI=1S/C18H18F8N4O/c1-10-12(13(31)16(21,22)18(25,26)17(23,24)15(19)20)14(27-9-29(2)3)28-30(10)11-7-5-4-6-8-11/h4-9,13,15,31H,1-3H3. The molecule has 0 bridgehead atoms. The van der Waals surface area contributed by atoms with E-state index in [0.29, 0.717) is 0 Å². The molecular formula is C18H18F8N4O. The summed E-state index contributed by atoms with van der Waals surface area (Å²) in [6.45, 7) is 1.10. The average Bonchev–Trinajstić information content (AvgIpc) is 3.02. The molecule has 1 N–H and O–H groups in total. The number of aliphatic hydroxyl groups is 1. The quantitative estimate of drug-likeness (QED) is 0.357. The number of rotatable bonds is 8. The van der Waals surface area contributed by atoms with Gasteiger partial charge in [-0.3, -0.25) is 0 Å². The highest BCUT2D eigenvalue weighted by Crippen LogP contribution is 2.54. The van der Waals surface area contributed by atoms with Gasteiger partial charge in [0.1, 0.15) is 0 Å². The lowest BCUT2D eigenvalue weighted by Gasteiger charge is -2.34. The number of para-hydroxylation sites is 1. The Morgan fingerprint density at radius 1 is 1.03 bits per heavy atom. The average molecular weight is 458 g/mol. The summed E-state index contributed by atoms with van der Waals surface area (Å²) in [5.41, 5.74) is -1.09. The molecule has 1 aromatic heterocycles. The molecule has 31 heavy (non-hydrogen) atoms. The van der Waals surface area contributed by atoms with Crippen LogP contribution >= 0.6 is 0 Å². The first-order valence-corrected chi connectivity index (χ1v) is 8.61. The van der Waals surface area contributed by atoms with Crippen LogP contribution in [0.5, 0.6) is 0 Å². The Morgan fingerprint density at radius 3 is 2.06 bits per heavy atom. The van der Waals surface area contributed by atoms with E-state index in [9.17, 15) is 40.2 Å². The maximum atomic E-state index is 14.4. The number of aromatic nitrogens is 2.